The molecule has 0 aliphatic carbocycles. The Morgan fingerprint density at radius 2 is 2.00 bits per heavy atom. The van der Waals surface area contributed by atoms with Gasteiger partial charge in [-0.1, -0.05) is 6.07 Å². The lowest BCUT2D eigenvalue weighted by atomic mass is 10.2. The highest BCUT2D eigenvalue weighted by Gasteiger charge is 2.16. The Bertz CT molecular complexity index is 449. The van der Waals surface area contributed by atoms with Gasteiger partial charge in [-0.25, -0.2) is 0 Å². The minimum absolute atomic E-state index is 0.0872. The van der Waals surface area contributed by atoms with Gasteiger partial charge in [0.15, 0.2) is 0 Å². The highest BCUT2D eigenvalue weighted by Crippen LogP contribution is 2.33. The molecule has 0 amide bonds. The summed E-state index contributed by atoms with van der Waals surface area (Å²) in [6, 6.07) is 8.24. The summed E-state index contributed by atoms with van der Waals surface area (Å²) >= 11 is 0. The molecule has 0 saturated heterocycles. The normalized spacial score (nSPS) is 10.6. The predicted octanol–water partition coefficient (Wildman–Crippen LogP) is 3.18. The van der Waals surface area contributed by atoms with Crippen LogP contribution in [0.15, 0.2) is 18.2 Å². The van der Waals surface area contributed by atoms with E-state index in [4.69, 9.17) is 15.7 Å². The maximum absolute atomic E-state index is 8.75. The van der Waals surface area contributed by atoms with Gasteiger partial charge >= 0.3 is 0 Å². The van der Waals surface area contributed by atoms with E-state index in [1.807, 2.05) is 32.0 Å². The number of nitriles is 1. The van der Waals surface area contributed by atoms with Gasteiger partial charge in [-0.2, -0.15) is 5.26 Å². The van der Waals surface area contributed by atoms with Gasteiger partial charge in [0.05, 0.1) is 30.0 Å². The molecule has 0 unspecified atom stereocenters. The molecule has 1 aromatic rings. The SMILES string of the molecule is CC(C)Oc1cccc(N(CCC#N)C(C)C)c1N. The lowest BCUT2D eigenvalue weighted by Gasteiger charge is -2.30. The van der Waals surface area contributed by atoms with Gasteiger partial charge < -0.3 is 15.4 Å². The predicted molar refractivity (Wildman–Crippen MR) is 79.3 cm³/mol. The summed E-state index contributed by atoms with van der Waals surface area (Å²) in [4.78, 5) is 2.13. The molecule has 19 heavy (non-hydrogen) atoms. The minimum atomic E-state index is 0.0872. The lowest BCUT2D eigenvalue weighted by molar-refractivity contribution is 0.244. The van der Waals surface area contributed by atoms with Gasteiger partial charge in [0, 0.05) is 12.6 Å². The van der Waals surface area contributed by atoms with E-state index in [9.17, 15) is 0 Å². The fourth-order valence-corrected chi connectivity index (χ4v) is 1.97. The molecule has 1 aromatic carbocycles. The van der Waals surface area contributed by atoms with Crippen LogP contribution in [0.1, 0.15) is 34.1 Å². The maximum atomic E-state index is 8.75. The Hall–Kier alpha value is -1.89. The molecule has 0 radical (unpaired) electrons. The summed E-state index contributed by atoms with van der Waals surface area (Å²) < 4.78 is 5.70. The molecular formula is C15H23N3O. The first-order valence-corrected chi connectivity index (χ1v) is 6.66. The molecule has 4 heteroatoms. The van der Waals surface area contributed by atoms with Crippen molar-refractivity contribution in [2.75, 3.05) is 17.2 Å². The Labute approximate surface area is 115 Å². The number of rotatable bonds is 6. The summed E-state index contributed by atoms with van der Waals surface area (Å²) in [5, 5.41) is 8.75. The zero-order chi connectivity index (χ0) is 14.4. The topological polar surface area (TPSA) is 62.3 Å². The Morgan fingerprint density at radius 3 is 2.53 bits per heavy atom. The van der Waals surface area contributed by atoms with E-state index in [0.29, 0.717) is 24.4 Å². The number of benzene rings is 1. The molecule has 0 atom stereocenters. The third kappa shape index (κ3) is 4.06. The zero-order valence-electron chi connectivity index (χ0n) is 12.2. The van der Waals surface area contributed by atoms with Gasteiger partial charge in [-0.15, -0.1) is 0 Å². The maximum Gasteiger partial charge on any atom is 0.144 e. The standard InChI is InChI=1S/C15H23N3O/c1-11(2)18(10-6-9-16)13-7-5-8-14(15(13)17)19-12(3)4/h5,7-8,11-12H,6,10,17H2,1-4H3. The van der Waals surface area contributed by atoms with Gasteiger partial charge in [0.25, 0.3) is 0 Å². The van der Waals surface area contributed by atoms with Gasteiger partial charge in [-0.05, 0) is 39.8 Å². The molecule has 0 aromatic heterocycles. The van der Waals surface area contributed by atoms with E-state index in [2.05, 4.69) is 24.8 Å². The third-order valence-corrected chi connectivity index (χ3v) is 2.80. The number of nitrogens with two attached hydrogens (primary N) is 1. The number of anilines is 2. The van der Waals surface area contributed by atoms with E-state index in [1.54, 1.807) is 0 Å². The van der Waals surface area contributed by atoms with Gasteiger partial charge in [0.2, 0.25) is 0 Å². The van der Waals surface area contributed by atoms with E-state index in [0.717, 1.165) is 5.69 Å². The van der Waals surface area contributed by atoms with Crippen LogP contribution in [0.4, 0.5) is 11.4 Å². The third-order valence-electron chi connectivity index (χ3n) is 2.80. The molecule has 1 rings (SSSR count). The molecule has 0 aliphatic heterocycles. The number of hydrogen-bond acceptors (Lipinski definition) is 4. The van der Waals surface area contributed by atoms with E-state index < -0.39 is 0 Å². The van der Waals surface area contributed by atoms with Crippen LogP contribution in [0.5, 0.6) is 5.75 Å². The smallest absolute Gasteiger partial charge is 0.144 e. The van der Waals surface area contributed by atoms with Crippen molar-refractivity contribution < 1.29 is 4.74 Å². The fourth-order valence-electron chi connectivity index (χ4n) is 1.97. The number of nitrogens with zero attached hydrogens (tertiary/aromatic N) is 2. The number of para-hydroxylation sites is 1. The molecule has 0 aliphatic rings. The molecule has 2 N–H and O–H groups in total. The van der Waals surface area contributed by atoms with Crippen LogP contribution in [0.25, 0.3) is 0 Å². The highest BCUT2D eigenvalue weighted by atomic mass is 16.5. The number of nitrogen functional groups attached to an aromatic ring is 1. The van der Waals surface area contributed by atoms with Crippen LogP contribution >= 0.6 is 0 Å². The van der Waals surface area contributed by atoms with Crippen molar-refractivity contribution in [2.24, 2.45) is 0 Å². The van der Waals surface area contributed by atoms with Crippen molar-refractivity contribution in [2.45, 2.75) is 46.3 Å². The Morgan fingerprint density at radius 1 is 1.32 bits per heavy atom. The van der Waals surface area contributed by atoms with Crippen LogP contribution in [0.2, 0.25) is 0 Å². The minimum Gasteiger partial charge on any atom is -0.489 e. The molecular weight excluding hydrogens is 238 g/mol. The van der Waals surface area contributed by atoms with Crippen LogP contribution in [0, 0.1) is 11.3 Å². The van der Waals surface area contributed by atoms with Crippen LogP contribution in [-0.2, 0) is 0 Å². The first-order valence-electron chi connectivity index (χ1n) is 6.66. The molecule has 0 spiro atoms. The van der Waals surface area contributed by atoms with E-state index in [-0.39, 0.29) is 12.1 Å². The highest BCUT2D eigenvalue weighted by molar-refractivity contribution is 5.74. The largest absolute Gasteiger partial charge is 0.489 e. The van der Waals surface area contributed by atoms with Gasteiger partial charge in [0.1, 0.15) is 5.75 Å². The van der Waals surface area contributed by atoms with Gasteiger partial charge in [-0.3, -0.25) is 0 Å². The van der Waals surface area contributed by atoms with Crippen LogP contribution in [-0.4, -0.2) is 18.7 Å². The molecule has 104 valence electrons. The second-order valence-electron chi connectivity index (χ2n) is 5.05. The summed E-state index contributed by atoms with van der Waals surface area (Å²) in [7, 11) is 0. The summed E-state index contributed by atoms with van der Waals surface area (Å²) in [6.07, 6.45) is 0.566. The lowest BCUT2D eigenvalue weighted by Crippen LogP contribution is -2.32. The summed E-state index contributed by atoms with van der Waals surface area (Å²) in [6.45, 7) is 8.80. The van der Waals surface area contributed by atoms with E-state index in [1.165, 1.54) is 0 Å². The quantitative estimate of drug-likeness (QED) is 0.799. The summed E-state index contributed by atoms with van der Waals surface area (Å²) in [5.41, 5.74) is 7.77. The molecule has 0 bridgehead atoms. The van der Waals surface area contributed by atoms with Crippen LogP contribution < -0.4 is 15.4 Å². The fraction of sp³-hybridized carbons (Fsp3) is 0.533. The number of ether oxygens (including phenoxy) is 1. The van der Waals surface area contributed by atoms with Crippen molar-refractivity contribution >= 4 is 11.4 Å². The molecule has 0 fully saturated rings. The van der Waals surface area contributed by atoms with Crippen molar-refractivity contribution in [1.82, 2.24) is 0 Å². The Kier molecular flexibility index (Phi) is 5.50. The van der Waals surface area contributed by atoms with Crippen molar-refractivity contribution in [1.29, 1.82) is 5.26 Å². The second kappa shape index (κ2) is 6.89. The Balaban J connectivity index is 3.06. The zero-order valence-corrected chi connectivity index (χ0v) is 12.2. The van der Waals surface area contributed by atoms with Crippen molar-refractivity contribution in [3.8, 4) is 11.8 Å². The van der Waals surface area contributed by atoms with Crippen LogP contribution in [0.3, 0.4) is 0 Å². The summed E-state index contributed by atoms with van der Waals surface area (Å²) in [5.74, 6) is 0.704. The number of hydrogen-bond donors (Lipinski definition) is 1. The van der Waals surface area contributed by atoms with Crippen molar-refractivity contribution in [3.05, 3.63) is 18.2 Å². The molecule has 0 saturated carbocycles. The van der Waals surface area contributed by atoms with Crippen molar-refractivity contribution in [3.63, 3.8) is 0 Å². The first-order chi connectivity index (χ1) is 8.97. The average molecular weight is 261 g/mol. The monoisotopic (exact) mass is 261 g/mol. The molecule has 0 heterocycles. The average Bonchev–Trinajstić information content (AvgIpc) is 2.33. The molecule has 4 nitrogen and oxygen atoms in total. The van der Waals surface area contributed by atoms with E-state index >= 15 is 0 Å². The second-order valence-corrected chi connectivity index (χ2v) is 5.05. The first kappa shape index (κ1) is 15.2.